The molecule has 0 radical (unpaired) electrons. The van der Waals surface area contributed by atoms with Crippen LogP contribution in [0.25, 0.3) is 0 Å². The highest BCUT2D eigenvalue weighted by molar-refractivity contribution is 6.06. The first-order valence-electron chi connectivity index (χ1n) is 16.5. The van der Waals surface area contributed by atoms with Crippen LogP contribution in [0.4, 0.5) is 15.3 Å². The molecular weight excluding hydrogens is 656 g/mol. The van der Waals surface area contributed by atoms with Crippen LogP contribution in [0, 0.1) is 0 Å². The van der Waals surface area contributed by atoms with Crippen molar-refractivity contribution in [2.45, 2.75) is 90.4 Å². The summed E-state index contributed by atoms with van der Waals surface area (Å²) >= 11 is 0. The van der Waals surface area contributed by atoms with Gasteiger partial charge in [0.25, 0.3) is 0 Å². The lowest BCUT2D eigenvalue weighted by molar-refractivity contribution is -0.141. The normalized spacial score (nSPS) is 13.7. The van der Waals surface area contributed by atoms with Gasteiger partial charge in [-0.1, -0.05) is 36.4 Å². The van der Waals surface area contributed by atoms with E-state index >= 15 is 0 Å². The fourth-order valence-corrected chi connectivity index (χ4v) is 4.90. The van der Waals surface area contributed by atoms with E-state index in [1.165, 1.54) is 24.3 Å². The number of hydrogen-bond donors (Lipinski definition) is 4. The van der Waals surface area contributed by atoms with Crippen LogP contribution in [0.3, 0.4) is 0 Å². The van der Waals surface area contributed by atoms with Gasteiger partial charge in [0.15, 0.2) is 0 Å². The summed E-state index contributed by atoms with van der Waals surface area (Å²) in [6.07, 6.45) is 0.207. The fraction of sp³-hybridized carbons (Fsp3) is 0.368. The molecule has 1 aliphatic carbocycles. The van der Waals surface area contributed by atoms with Gasteiger partial charge in [-0.25, -0.2) is 19.2 Å². The minimum absolute atomic E-state index is 0.0188. The lowest BCUT2D eigenvalue weighted by Gasteiger charge is -2.21. The summed E-state index contributed by atoms with van der Waals surface area (Å²) in [5.74, 6) is -1.90. The van der Waals surface area contributed by atoms with Gasteiger partial charge in [-0.2, -0.15) is 0 Å². The number of carbonyl (C=O) groups excluding carboxylic acids is 4. The molecule has 0 spiro atoms. The molecule has 0 aliphatic heterocycles. The van der Waals surface area contributed by atoms with E-state index in [1.54, 1.807) is 59.7 Å². The number of ether oxygens (including phenoxy) is 3. The highest BCUT2D eigenvalue weighted by atomic mass is 16.6. The molecule has 4 N–H and O–H groups in total. The van der Waals surface area contributed by atoms with Crippen molar-refractivity contribution in [2.75, 3.05) is 5.32 Å². The number of benzene rings is 3. The monoisotopic (exact) mass is 700 g/mol. The Balaban J connectivity index is 1.41. The number of anilines is 1. The summed E-state index contributed by atoms with van der Waals surface area (Å²) in [4.78, 5) is 66.5. The van der Waals surface area contributed by atoms with E-state index in [1.807, 2.05) is 30.3 Å². The molecule has 0 heterocycles. The third-order valence-electron chi connectivity index (χ3n) is 7.21. The second-order valence-electron chi connectivity index (χ2n) is 14.1. The van der Waals surface area contributed by atoms with Gasteiger partial charge in [0, 0.05) is 12.1 Å². The number of esters is 1. The first kappa shape index (κ1) is 38.1. The molecule has 13 heteroatoms. The topological polar surface area (TPSA) is 182 Å². The number of aliphatic carboxylic acids is 1. The summed E-state index contributed by atoms with van der Waals surface area (Å²) in [5.41, 5.74) is 1.40. The van der Waals surface area contributed by atoms with E-state index in [4.69, 9.17) is 14.2 Å². The van der Waals surface area contributed by atoms with Gasteiger partial charge in [0.2, 0.25) is 11.9 Å². The maximum absolute atomic E-state index is 13.1. The van der Waals surface area contributed by atoms with Gasteiger partial charge in [-0.3, -0.25) is 10.1 Å². The average Bonchev–Trinajstić information content (AvgIpc) is 3.86. The molecular formula is C38H44N4O9. The third kappa shape index (κ3) is 12.9. The summed E-state index contributed by atoms with van der Waals surface area (Å²) in [5, 5.41) is 17.6. The lowest BCUT2D eigenvalue weighted by atomic mass is 9.99. The number of hydrogen-bond acceptors (Lipinski definition) is 8. The first-order chi connectivity index (χ1) is 23.9. The highest BCUT2D eigenvalue weighted by Gasteiger charge is 2.29. The van der Waals surface area contributed by atoms with Gasteiger partial charge in [-0.15, -0.1) is 4.99 Å². The Morgan fingerprint density at radius 2 is 1.51 bits per heavy atom. The molecule has 1 atom stereocenters. The lowest BCUT2D eigenvalue weighted by Crippen LogP contribution is -2.43. The van der Waals surface area contributed by atoms with E-state index in [-0.39, 0.29) is 30.3 Å². The molecule has 3 aromatic carbocycles. The smallest absolute Gasteiger partial charge is 0.437 e. The Morgan fingerprint density at radius 1 is 0.863 bits per heavy atom. The second-order valence-corrected chi connectivity index (χ2v) is 14.1. The van der Waals surface area contributed by atoms with Gasteiger partial charge in [0.05, 0.1) is 12.0 Å². The van der Waals surface area contributed by atoms with Crippen molar-refractivity contribution in [1.82, 2.24) is 10.6 Å². The number of guanidine groups is 1. The average molecular weight is 701 g/mol. The van der Waals surface area contributed by atoms with Crippen LogP contribution in [-0.4, -0.2) is 58.3 Å². The van der Waals surface area contributed by atoms with Crippen LogP contribution in [0.2, 0.25) is 0 Å². The SMILES string of the molecule is CC(C)(C)OC(=O)/N=C(\NC(=O)OC(C)(C)C)Nc1ccc(C(=O)Oc2ccc(CC(=O)N[C@@H](Cc3ccccc3)C(=O)O)c(C3CC3)c2)cc1. The van der Waals surface area contributed by atoms with Crippen molar-refractivity contribution in [3.8, 4) is 5.75 Å². The van der Waals surface area contributed by atoms with E-state index in [0.717, 1.165) is 29.5 Å². The Labute approximate surface area is 296 Å². The zero-order valence-electron chi connectivity index (χ0n) is 29.6. The maximum Gasteiger partial charge on any atom is 0.437 e. The second kappa shape index (κ2) is 16.3. The van der Waals surface area contributed by atoms with Crippen molar-refractivity contribution in [1.29, 1.82) is 0 Å². The minimum atomic E-state index is -1.12. The Kier molecular flexibility index (Phi) is 12.2. The summed E-state index contributed by atoms with van der Waals surface area (Å²) < 4.78 is 16.2. The number of alkyl carbamates (subject to hydrolysis) is 1. The van der Waals surface area contributed by atoms with Crippen molar-refractivity contribution < 1.29 is 43.3 Å². The van der Waals surface area contributed by atoms with Gasteiger partial charge >= 0.3 is 24.1 Å². The molecule has 1 saturated carbocycles. The predicted octanol–water partition coefficient (Wildman–Crippen LogP) is 6.37. The molecule has 3 aromatic rings. The number of nitrogens with zero attached hydrogens (tertiary/aromatic N) is 1. The molecule has 1 aliphatic rings. The molecule has 4 rings (SSSR count). The Bertz CT molecular complexity index is 1770. The van der Waals surface area contributed by atoms with Crippen molar-refractivity contribution in [3.05, 3.63) is 95.1 Å². The Hall–Kier alpha value is -5.72. The Morgan fingerprint density at radius 3 is 2.10 bits per heavy atom. The van der Waals surface area contributed by atoms with E-state index in [9.17, 15) is 29.1 Å². The third-order valence-corrected chi connectivity index (χ3v) is 7.21. The molecule has 270 valence electrons. The maximum atomic E-state index is 13.1. The number of carbonyl (C=O) groups is 5. The minimum Gasteiger partial charge on any atom is -0.480 e. The van der Waals surface area contributed by atoms with Crippen LogP contribution < -0.4 is 20.7 Å². The molecule has 51 heavy (non-hydrogen) atoms. The van der Waals surface area contributed by atoms with Crippen LogP contribution in [0.1, 0.15) is 87.4 Å². The van der Waals surface area contributed by atoms with Crippen LogP contribution in [-0.2, 0) is 31.9 Å². The molecule has 0 aromatic heterocycles. The van der Waals surface area contributed by atoms with E-state index < -0.39 is 47.3 Å². The predicted molar refractivity (Wildman–Crippen MR) is 190 cm³/mol. The number of rotatable bonds is 10. The highest BCUT2D eigenvalue weighted by Crippen LogP contribution is 2.43. The van der Waals surface area contributed by atoms with Crippen molar-refractivity contribution in [3.63, 3.8) is 0 Å². The van der Waals surface area contributed by atoms with Gasteiger partial charge in [0.1, 0.15) is 23.0 Å². The summed E-state index contributed by atoms with van der Waals surface area (Å²) in [6, 6.07) is 19.2. The van der Waals surface area contributed by atoms with E-state index in [0.29, 0.717) is 11.4 Å². The van der Waals surface area contributed by atoms with Crippen molar-refractivity contribution in [2.24, 2.45) is 4.99 Å². The molecule has 3 amide bonds. The number of carboxylic acid groups (broad SMARTS) is 1. The first-order valence-corrected chi connectivity index (χ1v) is 16.5. The van der Waals surface area contributed by atoms with Gasteiger partial charge in [-0.05, 0) is 113 Å². The summed E-state index contributed by atoms with van der Waals surface area (Å²) in [6.45, 7) is 10.1. The van der Waals surface area contributed by atoms with Crippen molar-refractivity contribution >= 4 is 41.7 Å². The number of nitrogens with one attached hydrogen (secondary N) is 3. The molecule has 1 fully saturated rings. The largest absolute Gasteiger partial charge is 0.480 e. The van der Waals surface area contributed by atoms with Crippen LogP contribution in [0.5, 0.6) is 5.75 Å². The zero-order chi connectivity index (χ0) is 37.3. The molecule has 13 nitrogen and oxygen atoms in total. The van der Waals surface area contributed by atoms with Gasteiger partial charge < -0.3 is 30.0 Å². The summed E-state index contributed by atoms with van der Waals surface area (Å²) in [7, 11) is 0. The fourth-order valence-electron chi connectivity index (χ4n) is 4.90. The van der Waals surface area contributed by atoms with Crippen LogP contribution in [0.15, 0.2) is 77.8 Å². The molecule has 0 bridgehead atoms. The molecule has 0 unspecified atom stereocenters. The van der Waals surface area contributed by atoms with E-state index in [2.05, 4.69) is 20.9 Å². The number of carboxylic acids is 1. The standard InChI is InChI=1S/C38H44N4O9/c1-37(2,3)50-35(47)41-34(42-36(48)51-38(4,5)6)39-27-17-14-25(15-18-27)33(46)49-28-19-16-26(29(22-28)24-12-13-24)21-31(43)40-30(32(44)45)20-23-10-8-7-9-11-23/h7-11,14-19,22,24,30H,12-13,20-21H2,1-6H3,(H,40,43)(H,44,45)(H2,39,41,42,47,48)/t30-/m0/s1. The number of aliphatic imine (C=N–C) groups is 1. The molecule has 0 saturated heterocycles. The number of amides is 3. The quantitative estimate of drug-likeness (QED) is 0.0803. The zero-order valence-corrected chi connectivity index (χ0v) is 29.6. The van der Waals surface area contributed by atoms with Crippen LogP contribution >= 0.6 is 0 Å².